The van der Waals surface area contributed by atoms with E-state index in [0.717, 1.165) is 24.4 Å². The van der Waals surface area contributed by atoms with E-state index in [9.17, 15) is 4.79 Å². The molecule has 0 saturated heterocycles. The molecule has 1 aliphatic carbocycles. The predicted molar refractivity (Wildman–Crippen MR) is 70.2 cm³/mol. The van der Waals surface area contributed by atoms with E-state index in [-0.39, 0.29) is 5.91 Å². The molecular formula is C14H22N2O2. The fourth-order valence-electron chi connectivity index (χ4n) is 2.40. The Labute approximate surface area is 108 Å². The summed E-state index contributed by atoms with van der Waals surface area (Å²) in [6, 6.07) is 4.25. The summed E-state index contributed by atoms with van der Waals surface area (Å²) in [7, 11) is 0. The van der Waals surface area contributed by atoms with Gasteiger partial charge in [-0.3, -0.25) is 4.79 Å². The lowest BCUT2D eigenvalue weighted by molar-refractivity contribution is -0.121. The third-order valence-corrected chi connectivity index (χ3v) is 3.35. The van der Waals surface area contributed by atoms with E-state index in [2.05, 4.69) is 10.6 Å². The van der Waals surface area contributed by atoms with Gasteiger partial charge >= 0.3 is 0 Å². The molecule has 2 N–H and O–H groups in total. The molecule has 1 aromatic rings. The molecule has 0 unspecified atom stereocenters. The molecule has 2 rings (SSSR count). The van der Waals surface area contributed by atoms with Crippen molar-refractivity contribution in [1.82, 2.24) is 10.6 Å². The smallest absolute Gasteiger partial charge is 0.234 e. The average Bonchev–Trinajstić information content (AvgIpc) is 2.76. The number of hydrogen-bond donors (Lipinski definition) is 2. The Balaban J connectivity index is 1.62. The van der Waals surface area contributed by atoms with Gasteiger partial charge in [-0.15, -0.1) is 0 Å². The highest BCUT2D eigenvalue weighted by molar-refractivity contribution is 5.78. The van der Waals surface area contributed by atoms with Crippen LogP contribution in [-0.4, -0.2) is 18.5 Å². The zero-order valence-electron chi connectivity index (χ0n) is 11.0. The molecule has 1 fully saturated rings. The van der Waals surface area contributed by atoms with Gasteiger partial charge in [0.1, 0.15) is 11.5 Å². The maximum Gasteiger partial charge on any atom is 0.234 e. The third-order valence-electron chi connectivity index (χ3n) is 3.35. The van der Waals surface area contributed by atoms with Crippen LogP contribution >= 0.6 is 0 Å². The second kappa shape index (κ2) is 6.59. The normalized spacial score (nSPS) is 16.7. The molecule has 0 radical (unpaired) electrons. The number of furan rings is 1. The summed E-state index contributed by atoms with van der Waals surface area (Å²) in [4.78, 5) is 11.7. The SMILES string of the molecule is Cc1ccc(CNCC(=O)NC2CCCCC2)o1. The van der Waals surface area contributed by atoms with Crippen LogP contribution in [-0.2, 0) is 11.3 Å². The van der Waals surface area contributed by atoms with E-state index in [0.29, 0.717) is 19.1 Å². The van der Waals surface area contributed by atoms with Crippen LogP contribution in [0.4, 0.5) is 0 Å². The summed E-state index contributed by atoms with van der Waals surface area (Å²) in [5.41, 5.74) is 0. The number of hydrogen-bond acceptors (Lipinski definition) is 3. The Morgan fingerprint density at radius 1 is 1.33 bits per heavy atom. The molecule has 4 heteroatoms. The maximum atomic E-state index is 11.7. The number of carbonyl (C=O) groups excluding carboxylic acids is 1. The van der Waals surface area contributed by atoms with Gasteiger partial charge in [-0.2, -0.15) is 0 Å². The Kier molecular flexibility index (Phi) is 4.81. The molecule has 1 amide bonds. The Bertz CT molecular complexity index is 381. The number of nitrogens with one attached hydrogen (secondary N) is 2. The highest BCUT2D eigenvalue weighted by Crippen LogP contribution is 2.17. The van der Waals surface area contributed by atoms with Crippen LogP contribution in [0.5, 0.6) is 0 Å². The van der Waals surface area contributed by atoms with Crippen molar-refractivity contribution in [3.05, 3.63) is 23.7 Å². The minimum absolute atomic E-state index is 0.0881. The summed E-state index contributed by atoms with van der Waals surface area (Å²) < 4.78 is 5.42. The molecule has 1 aliphatic rings. The summed E-state index contributed by atoms with van der Waals surface area (Å²) >= 11 is 0. The van der Waals surface area contributed by atoms with E-state index < -0.39 is 0 Å². The van der Waals surface area contributed by atoms with Crippen LogP contribution in [0.3, 0.4) is 0 Å². The van der Waals surface area contributed by atoms with Gasteiger partial charge in [0.2, 0.25) is 5.91 Å². The highest BCUT2D eigenvalue weighted by atomic mass is 16.3. The monoisotopic (exact) mass is 250 g/mol. The summed E-state index contributed by atoms with van der Waals surface area (Å²) in [5, 5.41) is 6.18. The Morgan fingerprint density at radius 3 is 2.78 bits per heavy atom. The van der Waals surface area contributed by atoms with Crippen molar-refractivity contribution in [3.63, 3.8) is 0 Å². The van der Waals surface area contributed by atoms with Gasteiger partial charge in [-0.25, -0.2) is 0 Å². The second-order valence-electron chi connectivity index (χ2n) is 5.02. The van der Waals surface area contributed by atoms with Crippen molar-refractivity contribution in [1.29, 1.82) is 0 Å². The molecule has 0 atom stereocenters. The minimum Gasteiger partial charge on any atom is -0.465 e. The van der Waals surface area contributed by atoms with Gasteiger partial charge in [0.05, 0.1) is 13.1 Å². The van der Waals surface area contributed by atoms with Gasteiger partial charge in [-0.1, -0.05) is 19.3 Å². The van der Waals surface area contributed by atoms with Gasteiger partial charge in [0, 0.05) is 6.04 Å². The zero-order valence-corrected chi connectivity index (χ0v) is 11.0. The van der Waals surface area contributed by atoms with E-state index in [1.807, 2.05) is 19.1 Å². The summed E-state index contributed by atoms with van der Waals surface area (Å²) in [6.45, 7) is 2.88. The Hall–Kier alpha value is -1.29. The summed E-state index contributed by atoms with van der Waals surface area (Å²) in [6.07, 6.45) is 6.04. The highest BCUT2D eigenvalue weighted by Gasteiger charge is 2.15. The molecule has 1 saturated carbocycles. The van der Waals surface area contributed by atoms with E-state index in [1.165, 1.54) is 19.3 Å². The number of aryl methyl sites for hydroxylation is 1. The molecular weight excluding hydrogens is 228 g/mol. The quantitative estimate of drug-likeness (QED) is 0.841. The minimum atomic E-state index is 0.0881. The van der Waals surface area contributed by atoms with Gasteiger partial charge in [-0.05, 0) is 31.9 Å². The number of carbonyl (C=O) groups is 1. The molecule has 1 aromatic heterocycles. The molecule has 0 bridgehead atoms. The van der Waals surface area contributed by atoms with Crippen LogP contribution in [0.1, 0.15) is 43.6 Å². The lowest BCUT2D eigenvalue weighted by Gasteiger charge is -2.22. The lowest BCUT2D eigenvalue weighted by atomic mass is 9.95. The van der Waals surface area contributed by atoms with Crippen molar-refractivity contribution in [3.8, 4) is 0 Å². The van der Waals surface area contributed by atoms with E-state index in [1.54, 1.807) is 0 Å². The fourth-order valence-corrected chi connectivity index (χ4v) is 2.40. The fraction of sp³-hybridized carbons (Fsp3) is 0.643. The average molecular weight is 250 g/mol. The number of amides is 1. The van der Waals surface area contributed by atoms with E-state index in [4.69, 9.17) is 4.42 Å². The van der Waals surface area contributed by atoms with Crippen molar-refractivity contribution >= 4 is 5.91 Å². The van der Waals surface area contributed by atoms with Crippen LogP contribution in [0.2, 0.25) is 0 Å². The van der Waals surface area contributed by atoms with Crippen LogP contribution in [0, 0.1) is 6.92 Å². The first kappa shape index (κ1) is 13.1. The van der Waals surface area contributed by atoms with Crippen LogP contribution in [0.15, 0.2) is 16.5 Å². The molecule has 0 spiro atoms. The predicted octanol–water partition coefficient (Wildman–Crippen LogP) is 2.13. The second-order valence-corrected chi connectivity index (χ2v) is 5.02. The maximum absolute atomic E-state index is 11.7. The van der Waals surface area contributed by atoms with Gasteiger partial charge < -0.3 is 15.1 Å². The van der Waals surface area contributed by atoms with Crippen LogP contribution < -0.4 is 10.6 Å². The Morgan fingerprint density at radius 2 is 2.11 bits per heavy atom. The topological polar surface area (TPSA) is 54.3 Å². The molecule has 1 heterocycles. The molecule has 18 heavy (non-hydrogen) atoms. The lowest BCUT2D eigenvalue weighted by Crippen LogP contribution is -2.41. The first-order valence-corrected chi connectivity index (χ1v) is 6.79. The van der Waals surface area contributed by atoms with Crippen molar-refractivity contribution in [2.24, 2.45) is 0 Å². The zero-order chi connectivity index (χ0) is 12.8. The number of rotatable bonds is 5. The molecule has 100 valence electrons. The largest absolute Gasteiger partial charge is 0.465 e. The van der Waals surface area contributed by atoms with Crippen molar-refractivity contribution in [2.45, 2.75) is 51.6 Å². The first-order valence-electron chi connectivity index (χ1n) is 6.79. The van der Waals surface area contributed by atoms with Gasteiger partial charge in [0.25, 0.3) is 0 Å². The van der Waals surface area contributed by atoms with E-state index >= 15 is 0 Å². The first-order chi connectivity index (χ1) is 8.74. The van der Waals surface area contributed by atoms with Gasteiger partial charge in [0.15, 0.2) is 0 Å². The third kappa shape index (κ3) is 4.18. The van der Waals surface area contributed by atoms with Crippen molar-refractivity contribution in [2.75, 3.05) is 6.54 Å². The van der Waals surface area contributed by atoms with Crippen LogP contribution in [0.25, 0.3) is 0 Å². The summed E-state index contributed by atoms with van der Waals surface area (Å²) in [5.74, 6) is 1.86. The molecule has 0 aromatic carbocycles. The molecule has 4 nitrogen and oxygen atoms in total. The van der Waals surface area contributed by atoms with Crippen molar-refractivity contribution < 1.29 is 9.21 Å². The standard InChI is InChI=1S/C14H22N2O2/c1-11-7-8-13(18-11)9-15-10-14(17)16-12-5-3-2-4-6-12/h7-8,12,15H,2-6,9-10H2,1H3,(H,16,17). The molecule has 0 aliphatic heterocycles.